The second kappa shape index (κ2) is 8.77. The monoisotopic (exact) mass is 389 g/mol. The molecule has 2 N–H and O–H groups in total. The number of nitrogens with one attached hydrogen (secondary N) is 2. The first-order valence-electron chi connectivity index (χ1n) is 8.51. The molecule has 1 aromatic carbocycles. The first-order chi connectivity index (χ1) is 12.7. The highest BCUT2D eigenvalue weighted by Gasteiger charge is 2.30. The standard InChI is InChI=1S/C19H23N3O4S/c1-13(2)22-19(24)18(23)21-12-17(15-5-4-10-20-11-15)27(25,26)16-8-6-14(3)7-9-16/h4-11,13,17H,12H2,1-3H3,(H,21,23)(H,22,24)/t17-/m1/s1. The summed E-state index contributed by atoms with van der Waals surface area (Å²) in [6, 6.07) is 9.53. The summed E-state index contributed by atoms with van der Waals surface area (Å²) in [5.41, 5.74) is 1.37. The third kappa shape index (κ3) is 5.37. The Morgan fingerprint density at radius 3 is 2.30 bits per heavy atom. The van der Waals surface area contributed by atoms with Gasteiger partial charge in [0.25, 0.3) is 0 Å². The van der Waals surface area contributed by atoms with Gasteiger partial charge in [-0.25, -0.2) is 8.42 Å². The van der Waals surface area contributed by atoms with E-state index in [0.29, 0.717) is 5.56 Å². The quantitative estimate of drug-likeness (QED) is 0.729. The minimum absolute atomic E-state index is 0.142. The van der Waals surface area contributed by atoms with Gasteiger partial charge in [0, 0.05) is 25.0 Å². The van der Waals surface area contributed by atoms with Gasteiger partial charge in [0.2, 0.25) is 0 Å². The number of benzene rings is 1. The highest BCUT2D eigenvalue weighted by atomic mass is 32.2. The van der Waals surface area contributed by atoms with E-state index in [1.54, 1.807) is 38.1 Å². The summed E-state index contributed by atoms with van der Waals surface area (Å²) in [4.78, 5) is 27.9. The molecule has 1 aromatic heterocycles. The molecule has 0 aliphatic carbocycles. The molecular formula is C19H23N3O4S. The highest BCUT2D eigenvalue weighted by Crippen LogP contribution is 2.28. The van der Waals surface area contributed by atoms with Crippen molar-refractivity contribution in [2.75, 3.05) is 6.54 Å². The molecule has 27 heavy (non-hydrogen) atoms. The van der Waals surface area contributed by atoms with Crippen LogP contribution in [0, 0.1) is 6.92 Å². The number of aryl methyl sites for hydroxylation is 1. The van der Waals surface area contributed by atoms with Crippen LogP contribution in [0.5, 0.6) is 0 Å². The summed E-state index contributed by atoms with van der Waals surface area (Å²) in [5, 5.41) is 3.82. The minimum atomic E-state index is -3.80. The molecule has 0 fully saturated rings. The molecule has 2 amide bonds. The minimum Gasteiger partial charge on any atom is -0.346 e. The zero-order valence-electron chi connectivity index (χ0n) is 15.5. The Kier molecular flexibility index (Phi) is 6.68. The Balaban J connectivity index is 2.29. The number of rotatable bonds is 6. The molecule has 1 atom stereocenters. The number of aromatic nitrogens is 1. The third-order valence-electron chi connectivity index (χ3n) is 3.85. The van der Waals surface area contributed by atoms with E-state index in [2.05, 4.69) is 15.6 Å². The van der Waals surface area contributed by atoms with Gasteiger partial charge < -0.3 is 10.6 Å². The molecule has 144 valence electrons. The maximum absolute atomic E-state index is 13.1. The van der Waals surface area contributed by atoms with Crippen molar-refractivity contribution in [3.8, 4) is 0 Å². The Bertz CT molecular complexity index is 894. The molecule has 0 aliphatic rings. The normalized spacial score (nSPS) is 12.4. The van der Waals surface area contributed by atoms with E-state index < -0.39 is 26.9 Å². The van der Waals surface area contributed by atoms with Crippen LogP contribution in [-0.4, -0.2) is 37.8 Å². The van der Waals surface area contributed by atoms with E-state index in [9.17, 15) is 18.0 Å². The third-order valence-corrected chi connectivity index (χ3v) is 5.97. The van der Waals surface area contributed by atoms with E-state index >= 15 is 0 Å². The molecule has 1 heterocycles. The van der Waals surface area contributed by atoms with Crippen LogP contribution in [0.3, 0.4) is 0 Å². The van der Waals surface area contributed by atoms with Gasteiger partial charge in [-0.3, -0.25) is 14.6 Å². The number of hydrogen-bond acceptors (Lipinski definition) is 5. The maximum atomic E-state index is 13.1. The largest absolute Gasteiger partial charge is 0.346 e. The van der Waals surface area contributed by atoms with Gasteiger partial charge in [0.05, 0.1) is 4.90 Å². The fourth-order valence-electron chi connectivity index (χ4n) is 2.46. The molecule has 2 aromatic rings. The predicted octanol–water partition coefficient (Wildman–Crippen LogP) is 1.55. The first kappa shape index (κ1) is 20.6. The van der Waals surface area contributed by atoms with Crippen molar-refractivity contribution < 1.29 is 18.0 Å². The van der Waals surface area contributed by atoms with Gasteiger partial charge in [0.15, 0.2) is 9.84 Å². The number of nitrogens with zero attached hydrogens (tertiary/aromatic N) is 1. The van der Waals surface area contributed by atoms with Crippen molar-refractivity contribution in [2.45, 2.75) is 37.0 Å². The fourth-order valence-corrected chi connectivity index (χ4v) is 4.10. The van der Waals surface area contributed by atoms with Gasteiger partial charge in [-0.1, -0.05) is 23.8 Å². The van der Waals surface area contributed by atoms with E-state index in [-0.39, 0.29) is 17.5 Å². The van der Waals surface area contributed by atoms with Crippen LogP contribution in [0.1, 0.15) is 30.2 Å². The molecule has 2 rings (SSSR count). The van der Waals surface area contributed by atoms with E-state index in [0.717, 1.165) is 5.56 Å². The molecule has 0 spiro atoms. The summed E-state index contributed by atoms with van der Waals surface area (Å²) < 4.78 is 26.2. The summed E-state index contributed by atoms with van der Waals surface area (Å²) >= 11 is 0. The number of carbonyl (C=O) groups is 2. The van der Waals surface area contributed by atoms with Gasteiger partial charge in [-0.05, 0) is 44.5 Å². The molecule has 0 unspecified atom stereocenters. The van der Waals surface area contributed by atoms with Crippen LogP contribution >= 0.6 is 0 Å². The highest BCUT2D eigenvalue weighted by molar-refractivity contribution is 7.91. The van der Waals surface area contributed by atoms with Crippen molar-refractivity contribution in [2.24, 2.45) is 0 Å². The molecule has 7 nitrogen and oxygen atoms in total. The molecule has 0 bridgehead atoms. The van der Waals surface area contributed by atoms with Crippen LogP contribution in [0.4, 0.5) is 0 Å². The SMILES string of the molecule is Cc1ccc(S(=O)(=O)[C@H](CNC(=O)C(=O)NC(C)C)c2cccnc2)cc1. The lowest BCUT2D eigenvalue weighted by Gasteiger charge is -2.19. The Hall–Kier alpha value is -2.74. The molecule has 0 aliphatic heterocycles. The van der Waals surface area contributed by atoms with Crippen LogP contribution in [0.2, 0.25) is 0 Å². The van der Waals surface area contributed by atoms with Crippen LogP contribution in [0.25, 0.3) is 0 Å². The lowest BCUT2D eigenvalue weighted by molar-refractivity contribution is -0.139. The predicted molar refractivity (Wildman–Crippen MR) is 102 cm³/mol. The van der Waals surface area contributed by atoms with Crippen LogP contribution in [0.15, 0.2) is 53.7 Å². The molecule has 0 saturated carbocycles. The van der Waals surface area contributed by atoms with E-state index in [4.69, 9.17) is 0 Å². The summed E-state index contributed by atoms with van der Waals surface area (Å²) in [5.74, 6) is -1.68. The molecule has 0 radical (unpaired) electrons. The average Bonchev–Trinajstić information content (AvgIpc) is 2.62. The Morgan fingerprint density at radius 1 is 1.07 bits per heavy atom. The molecular weight excluding hydrogens is 366 g/mol. The van der Waals surface area contributed by atoms with Gasteiger partial charge in [0.1, 0.15) is 5.25 Å². The average molecular weight is 389 g/mol. The molecule has 0 saturated heterocycles. The Morgan fingerprint density at radius 2 is 1.74 bits per heavy atom. The van der Waals surface area contributed by atoms with Crippen LogP contribution < -0.4 is 10.6 Å². The number of sulfone groups is 1. The van der Waals surface area contributed by atoms with Gasteiger partial charge in [-0.2, -0.15) is 0 Å². The van der Waals surface area contributed by atoms with Gasteiger partial charge >= 0.3 is 11.8 Å². The van der Waals surface area contributed by atoms with E-state index in [1.807, 2.05) is 6.92 Å². The van der Waals surface area contributed by atoms with Gasteiger partial charge in [-0.15, -0.1) is 0 Å². The molecule has 8 heteroatoms. The summed E-state index contributed by atoms with van der Waals surface area (Å²) in [6.45, 7) is 5.08. The number of hydrogen-bond donors (Lipinski definition) is 2. The van der Waals surface area contributed by atoms with Crippen molar-refractivity contribution in [1.82, 2.24) is 15.6 Å². The number of amides is 2. The lowest BCUT2D eigenvalue weighted by Crippen LogP contribution is -2.44. The second-order valence-corrected chi connectivity index (χ2v) is 8.60. The lowest BCUT2D eigenvalue weighted by atomic mass is 10.2. The topological polar surface area (TPSA) is 105 Å². The zero-order valence-corrected chi connectivity index (χ0v) is 16.3. The fraction of sp³-hybridized carbons (Fsp3) is 0.316. The van der Waals surface area contributed by atoms with Crippen LogP contribution in [-0.2, 0) is 19.4 Å². The summed E-state index contributed by atoms with van der Waals surface area (Å²) in [6.07, 6.45) is 2.98. The second-order valence-electron chi connectivity index (χ2n) is 6.47. The van der Waals surface area contributed by atoms with E-state index in [1.165, 1.54) is 24.5 Å². The smallest absolute Gasteiger partial charge is 0.309 e. The Labute approximate surface area is 159 Å². The van der Waals surface area contributed by atoms with Crippen molar-refractivity contribution in [1.29, 1.82) is 0 Å². The maximum Gasteiger partial charge on any atom is 0.309 e. The number of pyridine rings is 1. The van der Waals surface area contributed by atoms with Crippen molar-refractivity contribution in [3.05, 3.63) is 59.9 Å². The first-order valence-corrected chi connectivity index (χ1v) is 10.1. The zero-order chi connectivity index (χ0) is 20.0. The van der Waals surface area contributed by atoms with Crippen molar-refractivity contribution >= 4 is 21.7 Å². The number of carbonyl (C=O) groups excluding carboxylic acids is 2. The summed E-state index contributed by atoms with van der Waals surface area (Å²) in [7, 11) is -3.80. The van der Waals surface area contributed by atoms with Crippen molar-refractivity contribution in [3.63, 3.8) is 0 Å².